The molecule has 9 heteroatoms. The molecule has 4 nitrogen and oxygen atoms in total. The summed E-state index contributed by atoms with van der Waals surface area (Å²) in [4.78, 5) is 11.6. The molecule has 0 aromatic heterocycles. The van der Waals surface area contributed by atoms with Gasteiger partial charge in [0.05, 0.1) is 18.3 Å². The molecule has 0 spiro atoms. The van der Waals surface area contributed by atoms with Crippen molar-refractivity contribution in [2.24, 2.45) is 5.10 Å². The lowest BCUT2D eigenvalue weighted by Gasteiger charge is -2.10. The van der Waals surface area contributed by atoms with E-state index in [0.29, 0.717) is 6.07 Å². The van der Waals surface area contributed by atoms with Gasteiger partial charge in [-0.15, -0.1) is 0 Å². The van der Waals surface area contributed by atoms with Gasteiger partial charge in [0.2, 0.25) is 0 Å². The maximum atomic E-state index is 13.3. The van der Waals surface area contributed by atoms with Crippen molar-refractivity contribution >= 4 is 17.8 Å². The third kappa shape index (κ3) is 5.55. The smallest absolute Gasteiger partial charge is 0.376 e. The molecule has 2 aromatic carbocycles. The Balaban J connectivity index is 1.88. The van der Waals surface area contributed by atoms with Gasteiger partial charge in [0.1, 0.15) is 11.6 Å². The van der Waals surface area contributed by atoms with Crippen molar-refractivity contribution in [3.63, 3.8) is 0 Å². The van der Waals surface area contributed by atoms with Crippen LogP contribution in [0.4, 0.5) is 27.6 Å². The van der Waals surface area contributed by atoms with Crippen molar-refractivity contribution in [1.29, 1.82) is 0 Å². The van der Waals surface area contributed by atoms with E-state index in [0.717, 1.165) is 30.5 Å². The van der Waals surface area contributed by atoms with Crippen molar-refractivity contribution < 1.29 is 26.7 Å². The number of rotatable bonds is 5. The molecule has 132 valence electrons. The minimum absolute atomic E-state index is 0.0347. The van der Waals surface area contributed by atoms with Crippen molar-refractivity contribution in [3.05, 3.63) is 65.2 Å². The lowest BCUT2D eigenvalue weighted by molar-refractivity contribution is -0.137. The van der Waals surface area contributed by atoms with E-state index >= 15 is 0 Å². The van der Waals surface area contributed by atoms with Gasteiger partial charge in [-0.05, 0) is 30.3 Å². The Morgan fingerprint density at radius 1 is 1.12 bits per heavy atom. The molecular weight excluding hydrogens is 345 g/mol. The average molecular weight is 357 g/mol. The largest absolute Gasteiger partial charge is 0.416 e. The number of nitrogens with zero attached hydrogens (tertiary/aromatic N) is 1. The second kappa shape index (κ2) is 7.73. The summed E-state index contributed by atoms with van der Waals surface area (Å²) in [6, 6.07) is 7.19. The number of nitrogens with one attached hydrogen (secondary N) is 2. The Hall–Kier alpha value is -2.97. The average Bonchev–Trinajstić information content (AvgIpc) is 2.54. The van der Waals surface area contributed by atoms with E-state index in [1.807, 2.05) is 0 Å². The number of amides is 1. The van der Waals surface area contributed by atoms with Gasteiger partial charge >= 0.3 is 6.18 Å². The van der Waals surface area contributed by atoms with Crippen LogP contribution in [-0.2, 0) is 11.0 Å². The molecule has 0 saturated heterocycles. The van der Waals surface area contributed by atoms with Crippen molar-refractivity contribution in [2.45, 2.75) is 6.18 Å². The summed E-state index contributed by atoms with van der Waals surface area (Å²) in [5.74, 6) is -2.25. The predicted molar refractivity (Wildman–Crippen MR) is 82.0 cm³/mol. The lowest BCUT2D eigenvalue weighted by Crippen LogP contribution is -2.26. The summed E-state index contributed by atoms with van der Waals surface area (Å²) >= 11 is 0. The van der Waals surface area contributed by atoms with Crippen molar-refractivity contribution in [1.82, 2.24) is 5.43 Å². The fourth-order valence-electron chi connectivity index (χ4n) is 1.81. The molecule has 0 aliphatic heterocycles. The van der Waals surface area contributed by atoms with Gasteiger partial charge in [0, 0.05) is 17.3 Å². The number of alkyl halides is 3. The van der Waals surface area contributed by atoms with Crippen LogP contribution in [0.1, 0.15) is 11.1 Å². The standard InChI is InChI=1S/C16H12F5N3O/c17-12-5-4-10(14(18)7-12)8-23-24-15(25)9-22-13-3-1-2-11(6-13)16(19,20)21/h1-8,22H,9H2,(H,24,25)/b23-8+. The third-order valence-corrected chi connectivity index (χ3v) is 3.00. The van der Waals surface area contributed by atoms with Gasteiger partial charge in [-0.3, -0.25) is 4.79 Å². The lowest BCUT2D eigenvalue weighted by atomic mass is 10.2. The van der Waals surface area contributed by atoms with Crippen LogP contribution in [-0.4, -0.2) is 18.7 Å². The number of benzene rings is 2. The Bertz CT molecular complexity index is 790. The highest BCUT2D eigenvalue weighted by molar-refractivity contribution is 5.84. The van der Waals surface area contributed by atoms with Crippen LogP contribution >= 0.6 is 0 Å². The minimum Gasteiger partial charge on any atom is -0.376 e. The van der Waals surface area contributed by atoms with Crippen LogP contribution in [0.5, 0.6) is 0 Å². The summed E-state index contributed by atoms with van der Waals surface area (Å²) in [5.41, 5.74) is 1.30. The Morgan fingerprint density at radius 3 is 2.56 bits per heavy atom. The van der Waals surface area contributed by atoms with Gasteiger partial charge in [-0.25, -0.2) is 14.2 Å². The number of anilines is 1. The monoisotopic (exact) mass is 357 g/mol. The first-order valence-corrected chi connectivity index (χ1v) is 6.94. The Morgan fingerprint density at radius 2 is 1.88 bits per heavy atom. The zero-order valence-corrected chi connectivity index (χ0v) is 12.6. The molecule has 0 unspecified atom stereocenters. The first-order chi connectivity index (χ1) is 11.8. The third-order valence-electron chi connectivity index (χ3n) is 3.00. The first kappa shape index (κ1) is 18.4. The van der Waals surface area contributed by atoms with Crippen LogP contribution in [0, 0.1) is 11.6 Å². The van der Waals surface area contributed by atoms with E-state index in [1.54, 1.807) is 0 Å². The molecule has 0 aliphatic carbocycles. The topological polar surface area (TPSA) is 53.5 Å². The molecule has 25 heavy (non-hydrogen) atoms. The number of hydrazone groups is 1. The van der Waals surface area contributed by atoms with Crippen LogP contribution < -0.4 is 10.7 Å². The van der Waals surface area contributed by atoms with Gasteiger partial charge in [0.15, 0.2) is 0 Å². The molecule has 0 heterocycles. The maximum absolute atomic E-state index is 13.3. The van der Waals surface area contributed by atoms with E-state index in [1.165, 1.54) is 12.1 Å². The molecule has 1 amide bonds. The van der Waals surface area contributed by atoms with Crippen LogP contribution in [0.15, 0.2) is 47.6 Å². The molecular formula is C16H12F5N3O. The van der Waals surface area contributed by atoms with Crippen LogP contribution in [0.3, 0.4) is 0 Å². The van der Waals surface area contributed by atoms with E-state index in [4.69, 9.17) is 0 Å². The molecule has 0 saturated carbocycles. The number of halogens is 5. The van der Waals surface area contributed by atoms with E-state index in [2.05, 4.69) is 15.8 Å². The zero-order chi connectivity index (χ0) is 18.4. The summed E-state index contributed by atoms with van der Waals surface area (Å²) < 4.78 is 63.8. The minimum atomic E-state index is -4.48. The Kier molecular flexibility index (Phi) is 5.68. The molecule has 0 atom stereocenters. The van der Waals surface area contributed by atoms with Gasteiger partial charge in [0.25, 0.3) is 5.91 Å². The molecule has 0 aliphatic rings. The zero-order valence-electron chi connectivity index (χ0n) is 12.6. The summed E-state index contributed by atoms with van der Waals surface area (Å²) in [6.07, 6.45) is -3.50. The highest BCUT2D eigenvalue weighted by Crippen LogP contribution is 2.30. The molecule has 0 fully saturated rings. The second-order valence-electron chi connectivity index (χ2n) is 4.89. The highest BCUT2D eigenvalue weighted by Gasteiger charge is 2.30. The summed E-state index contributed by atoms with van der Waals surface area (Å²) in [7, 11) is 0. The Labute approximate surface area is 139 Å². The number of carbonyl (C=O) groups excluding carboxylic acids is 1. The quantitative estimate of drug-likeness (QED) is 0.489. The summed E-state index contributed by atoms with van der Waals surface area (Å²) in [6.45, 7) is -0.343. The number of hydrogen-bond acceptors (Lipinski definition) is 3. The van der Waals surface area contributed by atoms with Gasteiger partial charge in [-0.2, -0.15) is 18.3 Å². The second-order valence-corrected chi connectivity index (χ2v) is 4.89. The van der Waals surface area contributed by atoms with E-state index < -0.39 is 29.3 Å². The fraction of sp³-hybridized carbons (Fsp3) is 0.125. The fourth-order valence-corrected chi connectivity index (χ4v) is 1.81. The predicted octanol–water partition coefficient (Wildman–Crippen LogP) is 3.55. The molecule has 2 aromatic rings. The first-order valence-electron chi connectivity index (χ1n) is 6.94. The maximum Gasteiger partial charge on any atom is 0.416 e. The molecule has 0 bridgehead atoms. The highest BCUT2D eigenvalue weighted by atomic mass is 19.4. The molecule has 2 rings (SSSR count). The molecule has 2 N–H and O–H groups in total. The number of carbonyl (C=O) groups is 1. The van der Waals surface area contributed by atoms with E-state index in [-0.39, 0.29) is 17.8 Å². The SMILES string of the molecule is O=C(CNc1cccc(C(F)(F)F)c1)N/N=C/c1ccc(F)cc1F. The normalized spacial score (nSPS) is 11.6. The number of hydrogen-bond donors (Lipinski definition) is 2. The summed E-state index contributed by atoms with van der Waals surface area (Å²) in [5, 5.41) is 6.01. The van der Waals surface area contributed by atoms with Gasteiger partial charge < -0.3 is 5.32 Å². The van der Waals surface area contributed by atoms with E-state index in [9.17, 15) is 26.7 Å². The van der Waals surface area contributed by atoms with Crippen LogP contribution in [0.2, 0.25) is 0 Å². The van der Waals surface area contributed by atoms with Crippen LogP contribution in [0.25, 0.3) is 0 Å². The van der Waals surface area contributed by atoms with Crippen molar-refractivity contribution in [2.75, 3.05) is 11.9 Å². The molecule has 0 radical (unpaired) electrons. The van der Waals surface area contributed by atoms with Crippen molar-refractivity contribution in [3.8, 4) is 0 Å². The van der Waals surface area contributed by atoms with Gasteiger partial charge in [-0.1, -0.05) is 6.07 Å².